The fourth-order valence-electron chi connectivity index (χ4n) is 1.75. The van der Waals surface area contributed by atoms with Gasteiger partial charge in [-0.1, -0.05) is 17.9 Å². The van der Waals surface area contributed by atoms with Crippen molar-refractivity contribution in [1.29, 1.82) is 0 Å². The minimum absolute atomic E-state index is 0.106. The molecule has 0 saturated heterocycles. The van der Waals surface area contributed by atoms with Crippen LogP contribution in [0.3, 0.4) is 0 Å². The number of hydrogen-bond acceptors (Lipinski definition) is 4. The van der Waals surface area contributed by atoms with Crippen LogP contribution in [-0.4, -0.2) is 31.8 Å². The summed E-state index contributed by atoms with van der Waals surface area (Å²) in [4.78, 5) is 15.4. The molecule has 0 unspecified atom stereocenters. The quantitative estimate of drug-likeness (QED) is 0.886. The van der Waals surface area contributed by atoms with E-state index in [1.807, 2.05) is 18.2 Å². The maximum absolute atomic E-state index is 12.4. The molecule has 0 aliphatic rings. The van der Waals surface area contributed by atoms with Crippen LogP contribution in [0.1, 0.15) is 14.5 Å². The molecule has 0 saturated carbocycles. The topological polar surface area (TPSA) is 49.8 Å². The average molecular weight is 301 g/mol. The number of aliphatic hydroxyl groups excluding tert-OH is 1. The highest BCUT2D eigenvalue weighted by molar-refractivity contribution is 7.14. The van der Waals surface area contributed by atoms with Gasteiger partial charge < -0.3 is 14.7 Å². The third-order valence-electron chi connectivity index (χ3n) is 2.85. The number of aliphatic hydroxyl groups is 1. The number of hydrogen-bond donors (Lipinski definition) is 1. The van der Waals surface area contributed by atoms with E-state index in [2.05, 4.69) is 11.8 Å². The van der Waals surface area contributed by atoms with E-state index >= 15 is 0 Å². The summed E-state index contributed by atoms with van der Waals surface area (Å²) in [5, 5.41) is 8.67. The summed E-state index contributed by atoms with van der Waals surface area (Å²) in [7, 11) is 3.31. The van der Waals surface area contributed by atoms with Crippen LogP contribution in [0.2, 0.25) is 0 Å². The van der Waals surface area contributed by atoms with Crippen LogP contribution in [0.4, 0.5) is 5.69 Å². The zero-order chi connectivity index (χ0) is 15.2. The van der Waals surface area contributed by atoms with Crippen LogP contribution in [0.5, 0.6) is 5.75 Å². The van der Waals surface area contributed by atoms with Crippen LogP contribution in [0.15, 0.2) is 36.4 Å². The van der Waals surface area contributed by atoms with E-state index in [9.17, 15) is 4.79 Å². The van der Waals surface area contributed by atoms with E-state index in [4.69, 9.17) is 9.84 Å². The lowest BCUT2D eigenvalue weighted by atomic mass is 10.2. The second-order valence-corrected chi connectivity index (χ2v) is 5.27. The Kier molecular flexibility index (Phi) is 4.99. The van der Waals surface area contributed by atoms with Gasteiger partial charge in [-0.3, -0.25) is 4.79 Å². The number of amides is 1. The number of thiophene rings is 1. The molecule has 0 aliphatic heterocycles. The van der Waals surface area contributed by atoms with E-state index in [0.29, 0.717) is 10.6 Å². The van der Waals surface area contributed by atoms with Crippen LogP contribution in [-0.2, 0) is 0 Å². The van der Waals surface area contributed by atoms with E-state index in [0.717, 1.165) is 10.6 Å². The fraction of sp³-hybridized carbons (Fsp3) is 0.188. The highest BCUT2D eigenvalue weighted by Gasteiger charge is 2.15. The van der Waals surface area contributed by atoms with E-state index < -0.39 is 0 Å². The Labute approximate surface area is 127 Å². The molecule has 108 valence electrons. The first-order valence-electron chi connectivity index (χ1n) is 6.27. The predicted octanol–water partition coefficient (Wildman–Crippen LogP) is 2.38. The number of ether oxygens (including phenoxy) is 1. The monoisotopic (exact) mass is 301 g/mol. The van der Waals surface area contributed by atoms with Crippen molar-refractivity contribution in [3.8, 4) is 17.6 Å². The fourth-order valence-corrected chi connectivity index (χ4v) is 2.60. The molecular weight excluding hydrogens is 286 g/mol. The van der Waals surface area contributed by atoms with Gasteiger partial charge in [-0.05, 0) is 24.3 Å². The Balaban J connectivity index is 2.20. The normalized spacial score (nSPS) is 9.67. The van der Waals surface area contributed by atoms with Crippen LogP contribution < -0.4 is 9.64 Å². The van der Waals surface area contributed by atoms with E-state index in [1.54, 1.807) is 37.3 Å². The zero-order valence-electron chi connectivity index (χ0n) is 11.8. The lowest BCUT2D eigenvalue weighted by molar-refractivity contribution is 0.0997. The second kappa shape index (κ2) is 6.93. The average Bonchev–Trinajstić information content (AvgIpc) is 3.00. The molecule has 0 fully saturated rings. The summed E-state index contributed by atoms with van der Waals surface area (Å²) >= 11 is 1.31. The van der Waals surface area contributed by atoms with Crippen molar-refractivity contribution in [3.05, 3.63) is 46.2 Å². The third-order valence-corrected chi connectivity index (χ3v) is 3.84. The molecule has 0 aliphatic carbocycles. The molecule has 2 aromatic rings. The summed E-state index contributed by atoms with van der Waals surface area (Å²) < 4.78 is 5.16. The minimum atomic E-state index is -0.190. The van der Waals surface area contributed by atoms with Gasteiger partial charge in [0, 0.05) is 18.8 Å². The first-order valence-corrected chi connectivity index (χ1v) is 7.09. The molecule has 5 heteroatoms. The summed E-state index contributed by atoms with van der Waals surface area (Å²) in [6.45, 7) is -0.190. The van der Waals surface area contributed by atoms with Gasteiger partial charge in [0.15, 0.2) is 0 Å². The molecule has 1 N–H and O–H groups in total. The lowest BCUT2D eigenvalue weighted by Gasteiger charge is -2.17. The van der Waals surface area contributed by atoms with E-state index in [-0.39, 0.29) is 12.5 Å². The number of methoxy groups -OCH3 is 1. The molecule has 2 rings (SSSR count). The van der Waals surface area contributed by atoms with Crippen LogP contribution >= 0.6 is 11.3 Å². The lowest BCUT2D eigenvalue weighted by Crippen LogP contribution is -2.25. The van der Waals surface area contributed by atoms with Crippen molar-refractivity contribution in [1.82, 2.24) is 0 Å². The standard InChI is InChI=1S/C16H15NO3S/c1-17(12-5-3-6-13(11-12)20-2)16(19)15-9-8-14(21-15)7-4-10-18/h3,5-6,8-9,11,18H,10H2,1-2H3. The van der Waals surface area contributed by atoms with Gasteiger partial charge >= 0.3 is 0 Å². The van der Waals surface area contributed by atoms with Crippen molar-refractivity contribution in [2.45, 2.75) is 0 Å². The van der Waals surface area contributed by atoms with E-state index in [1.165, 1.54) is 11.3 Å². The van der Waals surface area contributed by atoms with Gasteiger partial charge in [-0.15, -0.1) is 11.3 Å². The second-order valence-electron chi connectivity index (χ2n) is 4.19. The Morgan fingerprint density at radius 2 is 2.19 bits per heavy atom. The van der Waals surface area contributed by atoms with Gasteiger partial charge in [0.1, 0.15) is 12.4 Å². The highest BCUT2D eigenvalue weighted by atomic mass is 32.1. The Morgan fingerprint density at radius 3 is 2.90 bits per heavy atom. The predicted molar refractivity (Wildman–Crippen MR) is 84.0 cm³/mol. The molecule has 0 spiro atoms. The number of rotatable bonds is 3. The molecule has 1 aromatic carbocycles. The van der Waals surface area contributed by atoms with Gasteiger partial charge in [0.05, 0.1) is 16.9 Å². The van der Waals surface area contributed by atoms with Gasteiger partial charge in [-0.25, -0.2) is 0 Å². The summed E-state index contributed by atoms with van der Waals surface area (Å²) in [5.41, 5.74) is 0.760. The largest absolute Gasteiger partial charge is 0.497 e. The molecule has 1 aromatic heterocycles. The number of anilines is 1. The third kappa shape index (κ3) is 3.63. The maximum Gasteiger partial charge on any atom is 0.268 e. The Morgan fingerprint density at radius 1 is 1.38 bits per heavy atom. The number of nitrogens with zero attached hydrogens (tertiary/aromatic N) is 1. The molecule has 1 amide bonds. The molecule has 21 heavy (non-hydrogen) atoms. The van der Waals surface area contributed by atoms with Crippen LogP contribution in [0.25, 0.3) is 0 Å². The van der Waals surface area contributed by atoms with Crippen molar-refractivity contribution < 1.29 is 14.6 Å². The highest BCUT2D eigenvalue weighted by Crippen LogP contribution is 2.23. The summed E-state index contributed by atoms with van der Waals surface area (Å²) in [6.07, 6.45) is 0. The molecule has 0 bridgehead atoms. The number of carbonyl (C=O) groups is 1. The molecule has 0 atom stereocenters. The number of benzene rings is 1. The SMILES string of the molecule is COc1cccc(N(C)C(=O)c2ccc(C#CCO)s2)c1. The Bertz CT molecular complexity index is 697. The van der Waals surface area contributed by atoms with Crippen molar-refractivity contribution in [2.75, 3.05) is 25.7 Å². The smallest absolute Gasteiger partial charge is 0.268 e. The van der Waals surface area contributed by atoms with Crippen LogP contribution in [0, 0.1) is 11.8 Å². The molecule has 0 radical (unpaired) electrons. The van der Waals surface area contributed by atoms with Gasteiger partial charge in [-0.2, -0.15) is 0 Å². The van der Waals surface area contributed by atoms with Crippen molar-refractivity contribution in [2.24, 2.45) is 0 Å². The molecular formula is C16H15NO3S. The minimum Gasteiger partial charge on any atom is -0.497 e. The van der Waals surface area contributed by atoms with Gasteiger partial charge in [0.25, 0.3) is 5.91 Å². The van der Waals surface area contributed by atoms with Gasteiger partial charge in [0.2, 0.25) is 0 Å². The first-order chi connectivity index (χ1) is 10.2. The Hall–Kier alpha value is -2.29. The summed E-state index contributed by atoms with van der Waals surface area (Å²) in [5.74, 6) is 5.96. The first kappa shape index (κ1) is 15.1. The zero-order valence-corrected chi connectivity index (χ0v) is 12.6. The maximum atomic E-state index is 12.4. The van der Waals surface area contributed by atoms with Crippen molar-refractivity contribution in [3.63, 3.8) is 0 Å². The summed E-state index contributed by atoms with van der Waals surface area (Å²) in [6, 6.07) is 10.8. The number of carbonyl (C=O) groups excluding carboxylic acids is 1. The molecule has 4 nitrogen and oxygen atoms in total. The molecule has 1 heterocycles. The van der Waals surface area contributed by atoms with Crippen molar-refractivity contribution >= 4 is 22.9 Å².